The highest BCUT2D eigenvalue weighted by Crippen LogP contribution is 2.13. The van der Waals surface area contributed by atoms with Gasteiger partial charge in [0.05, 0.1) is 5.84 Å². The summed E-state index contributed by atoms with van der Waals surface area (Å²) in [5.74, 6) is 1.50. The third-order valence-corrected chi connectivity index (χ3v) is 2.20. The van der Waals surface area contributed by atoms with Gasteiger partial charge in [0.15, 0.2) is 5.82 Å². The van der Waals surface area contributed by atoms with Gasteiger partial charge in [-0.15, -0.1) is 10.2 Å². The van der Waals surface area contributed by atoms with Crippen LogP contribution >= 0.6 is 0 Å². The number of aromatic nitrogens is 3. The van der Waals surface area contributed by atoms with Crippen molar-refractivity contribution >= 4 is 5.84 Å². The Hall–Kier alpha value is -1.39. The minimum Gasteiger partial charge on any atom is -0.387 e. The number of rotatable bonds is 3. The van der Waals surface area contributed by atoms with E-state index in [0.29, 0.717) is 12.4 Å². The summed E-state index contributed by atoms with van der Waals surface area (Å²) >= 11 is 0. The van der Waals surface area contributed by atoms with Gasteiger partial charge in [0.25, 0.3) is 0 Å². The van der Waals surface area contributed by atoms with E-state index in [1.807, 2.05) is 32.3 Å². The van der Waals surface area contributed by atoms with E-state index < -0.39 is 0 Å². The maximum Gasteiger partial charge on any atom is 0.154 e. The first-order valence-corrected chi connectivity index (χ1v) is 5.12. The minimum atomic E-state index is -0.0862. The van der Waals surface area contributed by atoms with E-state index in [1.54, 1.807) is 6.33 Å². The van der Waals surface area contributed by atoms with Crippen molar-refractivity contribution in [3.05, 3.63) is 12.2 Å². The fraction of sp³-hybridized carbons (Fsp3) is 0.700. The fourth-order valence-electron chi connectivity index (χ4n) is 1.06. The van der Waals surface area contributed by atoms with E-state index >= 15 is 0 Å². The first-order valence-electron chi connectivity index (χ1n) is 5.12. The normalized spacial score (nSPS) is 13.2. The monoisotopic (exact) mass is 209 g/mol. The summed E-state index contributed by atoms with van der Waals surface area (Å²) in [5.41, 5.74) is 5.77. The van der Waals surface area contributed by atoms with Crippen LogP contribution in [0, 0.1) is 5.41 Å². The molecule has 5 heteroatoms. The fourth-order valence-corrected chi connectivity index (χ4v) is 1.06. The standard InChI is InChI=1S/C10H19N5/c1-5-15-7-13-14-8(15)6-12-9(11)10(2,3)4/h7H,5-6H2,1-4H3,(H2,11,12). The smallest absolute Gasteiger partial charge is 0.154 e. The van der Waals surface area contributed by atoms with E-state index in [9.17, 15) is 0 Å². The number of nitrogens with zero attached hydrogens (tertiary/aromatic N) is 4. The molecule has 0 unspecified atom stereocenters. The van der Waals surface area contributed by atoms with Crippen LogP contribution in [0.2, 0.25) is 0 Å². The number of amidine groups is 1. The third-order valence-electron chi connectivity index (χ3n) is 2.20. The van der Waals surface area contributed by atoms with Gasteiger partial charge in [-0.05, 0) is 6.92 Å². The predicted octanol–water partition coefficient (Wildman–Crippen LogP) is 1.20. The van der Waals surface area contributed by atoms with Crippen LogP contribution in [-0.2, 0) is 13.1 Å². The summed E-state index contributed by atoms with van der Waals surface area (Å²) in [6, 6.07) is 0. The van der Waals surface area contributed by atoms with E-state index in [2.05, 4.69) is 15.2 Å². The molecule has 0 radical (unpaired) electrons. The summed E-state index contributed by atoms with van der Waals surface area (Å²) in [5, 5.41) is 7.83. The molecule has 5 nitrogen and oxygen atoms in total. The summed E-state index contributed by atoms with van der Waals surface area (Å²) < 4.78 is 1.96. The highest BCUT2D eigenvalue weighted by molar-refractivity contribution is 5.85. The Morgan fingerprint density at radius 3 is 2.73 bits per heavy atom. The number of aryl methyl sites for hydroxylation is 1. The quantitative estimate of drug-likeness (QED) is 0.600. The molecule has 1 heterocycles. The second-order valence-electron chi connectivity index (χ2n) is 4.48. The van der Waals surface area contributed by atoms with Crippen molar-refractivity contribution in [1.29, 1.82) is 0 Å². The molecule has 15 heavy (non-hydrogen) atoms. The van der Waals surface area contributed by atoms with Gasteiger partial charge in [0, 0.05) is 12.0 Å². The molecule has 0 saturated carbocycles. The summed E-state index contributed by atoms with van der Waals surface area (Å²) in [7, 11) is 0. The van der Waals surface area contributed by atoms with Crippen LogP contribution in [0.15, 0.2) is 11.3 Å². The predicted molar refractivity (Wildman–Crippen MR) is 60.5 cm³/mol. The average Bonchev–Trinajstić information content (AvgIpc) is 2.59. The lowest BCUT2D eigenvalue weighted by Gasteiger charge is -2.17. The van der Waals surface area contributed by atoms with E-state index in [4.69, 9.17) is 5.73 Å². The molecule has 0 atom stereocenters. The number of hydrogen-bond donors (Lipinski definition) is 1. The molecule has 0 aliphatic carbocycles. The molecule has 1 aromatic heterocycles. The number of hydrogen-bond acceptors (Lipinski definition) is 3. The van der Waals surface area contributed by atoms with Crippen molar-refractivity contribution in [3.8, 4) is 0 Å². The maximum atomic E-state index is 5.85. The Labute approximate surface area is 90.4 Å². The van der Waals surface area contributed by atoms with Crippen LogP contribution in [-0.4, -0.2) is 20.6 Å². The minimum absolute atomic E-state index is 0.0862. The number of nitrogens with two attached hydrogens (primary N) is 1. The average molecular weight is 209 g/mol. The molecular formula is C10H19N5. The summed E-state index contributed by atoms with van der Waals surface area (Å²) in [4.78, 5) is 4.32. The Morgan fingerprint density at radius 1 is 1.53 bits per heavy atom. The first kappa shape index (κ1) is 11.7. The lowest BCUT2D eigenvalue weighted by atomic mass is 9.95. The summed E-state index contributed by atoms with van der Waals surface area (Å²) in [6.07, 6.45) is 1.71. The maximum absolute atomic E-state index is 5.85. The molecule has 0 aliphatic heterocycles. The van der Waals surface area contributed by atoms with Crippen molar-refractivity contribution in [2.45, 2.75) is 40.8 Å². The highest BCUT2D eigenvalue weighted by atomic mass is 15.3. The first-order chi connectivity index (χ1) is 6.95. The van der Waals surface area contributed by atoms with Crippen LogP contribution in [0.1, 0.15) is 33.5 Å². The van der Waals surface area contributed by atoms with Crippen molar-refractivity contribution in [2.75, 3.05) is 0 Å². The molecule has 0 fully saturated rings. The molecule has 0 aliphatic rings. The molecule has 1 aromatic rings. The van der Waals surface area contributed by atoms with Gasteiger partial charge in [-0.1, -0.05) is 20.8 Å². The second-order valence-corrected chi connectivity index (χ2v) is 4.48. The molecule has 0 saturated heterocycles. The van der Waals surface area contributed by atoms with Gasteiger partial charge >= 0.3 is 0 Å². The van der Waals surface area contributed by atoms with Crippen LogP contribution in [0.4, 0.5) is 0 Å². The number of aliphatic imine (C=N–C) groups is 1. The van der Waals surface area contributed by atoms with E-state index in [0.717, 1.165) is 12.4 Å². The summed E-state index contributed by atoms with van der Waals surface area (Å²) in [6.45, 7) is 9.51. The van der Waals surface area contributed by atoms with E-state index in [-0.39, 0.29) is 5.41 Å². The Morgan fingerprint density at radius 2 is 2.20 bits per heavy atom. The van der Waals surface area contributed by atoms with Crippen LogP contribution in [0.5, 0.6) is 0 Å². The van der Waals surface area contributed by atoms with Crippen molar-refractivity contribution < 1.29 is 0 Å². The zero-order chi connectivity index (χ0) is 11.5. The van der Waals surface area contributed by atoms with Gasteiger partial charge in [-0.2, -0.15) is 0 Å². The molecule has 0 bridgehead atoms. The topological polar surface area (TPSA) is 69.1 Å². The third kappa shape index (κ3) is 3.04. The van der Waals surface area contributed by atoms with Crippen molar-refractivity contribution in [1.82, 2.24) is 14.8 Å². The van der Waals surface area contributed by atoms with Crippen LogP contribution in [0.3, 0.4) is 0 Å². The van der Waals surface area contributed by atoms with E-state index in [1.165, 1.54) is 0 Å². The van der Waals surface area contributed by atoms with Crippen molar-refractivity contribution in [2.24, 2.45) is 16.1 Å². The van der Waals surface area contributed by atoms with Gasteiger partial charge in [0.2, 0.25) is 0 Å². The Kier molecular flexibility index (Phi) is 3.44. The lowest BCUT2D eigenvalue weighted by Crippen LogP contribution is -2.29. The zero-order valence-corrected chi connectivity index (χ0v) is 9.86. The largest absolute Gasteiger partial charge is 0.387 e. The van der Waals surface area contributed by atoms with Gasteiger partial charge in [-0.3, -0.25) is 4.99 Å². The van der Waals surface area contributed by atoms with Crippen LogP contribution in [0.25, 0.3) is 0 Å². The molecule has 1 rings (SSSR count). The molecule has 0 aromatic carbocycles. The second kappa shape index (κ2) is 4.42. The van der Waals surface area contributed by atoms with Gasteiger partial charge in [-0.25, -0.2) is 0 Å². The van der Waals surface area contributed by atoms with Crippen LogP contribution < -0.4 is 5.73 Å². The Balaban J connectivity index is 2.72. The molecule has 84 valence electrons. The molecule has 0 amide bonds. The molecule has 0 spiro atoms. The molecular weight excluding hydrogens is 190 g/mol. The Bertz CT molecular complexity index is 345. The highest BCUT2D eigenvalue weighted by Gasteiger charge is 2.15. The van der Waals surface area contributed by atoms with Crippen molar-refractivity contribution in [3.63, 3.8) is 0 Å². The molecule has 2 N–H and O–H groups in total. The SMILES string of the molecule is CCn1cnnc1CN=C(N)C(C)(C)C. The zero-order valence-electron chi connectivity index (χ0n) is 9.86. The lowest BCUT2D eigenvalue weighted by molar-refractivity contribution is 0.579. The van der Waals surface area contributed by atoms with Gasteiger partial charge < -0.3 is 10.3 Å². The van der Waals surface area contributed by atoms with Gasteiger partial charge in [0.1, 0.15) is 12.9 Å².